The Hall–Kier alpha value is -1.88. The number of carbonyl (C=O) groups excluding carboxylic acids is 2. The summed E-state index contributed by atoms with van der Waals surface area (Å²) in [5.74, 6) is 0.0124. The molecule has 0 radical (unpaired) electrons. The Labute approximate surface area is 143 Å². The van der Waals surface area contributed by atoms with Crippen molar-refractivity contribution in [1.29, 1.82) is 0 Å². The second-order valence-corrected chi connectivity index (χ2v) is 6.97. The van der Waals surface area contributed by atoms with E-state index >= 15 is 0 Å². The first-order valence-electron chi connectivity index (χ1n) is 8.78. The van der Waals surface area contributed by atoms with Crippen LogP contribution in [0.4, 0.5) is 0 Å². The van der Waals surface area contributed by atoms with E-state index < -0.39 is 6.04 Å². The lowest BCUT2D eigenvalue weighted by Gasteiger charge is -2.30. The molecule has 1 fully saturated rings. The first-order chi connectivity index (χ1) is 11.5. The van der Waals surface area contributed by atoms with Crippen LogP contribution < -0.4 is 10.6 Å². The van der Waals surface area contributed by atoms with Gasteiger partial charge in [0.05, 0.1) is 0 Å². The molecule has 0 saturated heterocycles. The topological polar surface area (TPSA) is 78.4 Å². The van der Waals surface area contributed by atoms with Crippen molar-refractivity contribution >= 4 is 11.8 Å². The van der Waals surface area contributed by atoms with Crippen LogP contribution in [-0.4, -0.2) is 35.6 Å². The first kappa shape index (κ1) is 18.5. The first-order valence-corrected chi connectivity index (χ1v) is 8.78. The maximum atomic E-state index is 12.6. The van der Waals surface area contributed by atoms with Gasteiger partial charge in [0.15, 0.2) is 0 Å². The fourth-order valence-electron chi connectivity index (χ4n) is 3.13. The van der Waals surface area contributed by atoms with Crippen LogP contribution in [0.25, 0.3) is 0 Å². The van der Waals surface area contributed by atoms with Gasteiger partial charge in [0.2, 0.25) is 5.91 Å². The molecule has 1 unspecified atom stereocenters. The summed E-state index contributed by atoms with van der Waals surface area (Å²) >= 11 is 0. The van der Waals surface area contributed by atoms with Crippen LogP contribution in [-0.2, 0) is 4.79 Å². The van der Waals surface area contributed by atoms with Crippen LogP contribution in [0.2, 0.25) is 0 Å². The van der Waals surface area contributed by atoms with E-state index in [1.807, 2.05) is 19.9 Å². The Morgan fingerprint density at radius 3 is 2.29 bits per heavy atom. The fourth-order valence-corrected chi connectivity index (χ4v) is 3.13. The molecule has 24 heavy (non-hydrogen) atoms. The predicted molar refractivity (Wildman–Crippen MR) is 93.5 cm³/mol. The number of benzene rings is 1. The van der Waals surface area contributed by atoms with Gasteiger partial charge in [-0.05, 0) is 49.7 Å². The molecule has 2 amide bonds. The van der Waals surface area contributed by atoms with E-state index in [0.29, 0.717) is 11.5 Å². The zero-order chi connectivity index (χ0) is 17.5. The lowest BCUT2D eigenvalue weighted by Crippen LogP contribution is -2.52. The number of hydrogen-bond acceptors (Lipinski definition) is 3. The van der Waals surface area contributed by atoms with Gasteiger partial charge in [0, 0.05) is 18.2 Å². The Morgan fingerprint density at radius 1 is 1.12 bits per heavy atom. The highest BCUT2D eigenvalue weighted by molar-refractivity contribution is 5.97. The van der Waals surface area contributed by atoms with Gasteiger partial charge in [0.25, 0.3) is 5.91 Å². The van der Waals surface area contributed by atoms with Crippen molar-refractivity contribution in [3.8, 4) is 0 Å². The SMILES string of the molecule is CC(C)C(NC(=O)c1ccccc1)C(=O)NC1CCC(CO)CC1. The highest BCUT2D eigenvalue weighted by atomic mass is 16.3. The van der Waals surface area contributed by atoms with Crippen molar-refractivity contribution in [3.63, 3.8) is 0 Å². The van der Waals surface area contributed by atoms with Crippen LogP contribution in [0.5, 0.6) is 0 Å². The average Bonchev–Trinajstić information content (AvgIpc) is 2.60. The summed E-state index contributed by atoms with van der Waals surface area (Å²) in [6, 6.07) is 8.52. The molecule has 0 spiro atoms. The lowest BCUT2D eigenvalue weighted by molar-refractivity contribution is -0.125. The maximum absolute atomic E-state index is 12.6. The highest BCUT2D eigenvalue weighted by Crippen LogP contribution is 2.23. The van der Waals surface area contributed by atoms with E-state index in [2.05, 4.69) is 10.6 Å². The van der Waals surface area contributed by atoms with Crippen LogP contribution in [0.15, 0.2) is 30.3 Å². The third-order valence-electron chi connectivity index (χ3n) is 4.72. The number of hydrogen-bond donors (Lipinski definition) is 3. The van der Waals surface area contributed by atoms with Gasteiger partial charge in [-0.1, -0.05) is 32.0 Å². The maximum Gasteiger partial charge on any atom is 0.251 e. The van der Waals surface area contributed by atoms with Crippen LogP contribution in [0, 0.1) is 11.8 Å². The molecule has 2 rings (SSSR count). The summed E-state index contributed by atoms with van der Waals surface area (Å²) in [5, 5.41) is 15.1. The fraction of sp³-hybridized carbons (Fsp3) is 0.579. The quantitative estimate of drug-likeness (QED) is 0.746. The van der Waals surface area contributed by atoms with Crippen LogP contribution in [0.3, 0.4) is 0 Å². The van der Waals surface area contributed by atoms with Crippen molar-refractivity contribution in [2.45, 2.75) is 51.6 Å². The van der Waals surface area contributed by atoms with Crippen LogP contribution >= 0.6 is 0 Å². The Morgan fingerprint density at radius 2 is 1.75 bits per heavy atom. The summed E-state index contributed by atoms with van der Waals surface area (Å²) in [6.45, 7) is 4.08. The van der Waals surface area contributed by atoms with E-state index in [4.69, 9.17) is 0 Å². The molecule has 0 bridgehead atoms. The third-order valence-corrected chi connectivity index (χ3v) is 4.72. The number of aliphatic hydroxyl groups is 1. The van der Waals surface area contributed by atoms with Gasteiger partial charge in [-0.15, -0.1) is 0 Å². The Bertz CT molecular complexity index is 537. The highest BCUT2D eigenvalue weighted by Gasteiger charge is 2.28. The van der Waals surface area contributed by atoms with E-state index in [-0.39, 0.29) is 30.4 Å². The predicted octanol–water partition coefficient (Wildman–Crippen LogP) is 2.11. The number of amides is 2. The number of nitrogens with one attached hydrogen (secondary N) is 2. The van der Waals surface area contributed by atoms with E-state index in [9.17, 15) is 14.7 Å². The second-order valence-electron chi connectivity index (χ2n) is 6.97. The molecule has 132 valence electrons. The molecule has 1 atom stereocenters. The summed E-state index contributed by atoms with van der Waals surface area (Å²) < 4.78 is 0. The van der Waals surface area contributed by atoms with Gasteiger partial charge >= 0.3 is 0 Å². The van der Waals surface area contributed by atoms with Gasteiger partial charge in [0.1, 0.15) is 6.04 Å². The van der Waals surface area contributed by atoms with Crippen molar-refractivity contribution < 1.29 is 14.7 Å². The van der Waals surface area contributed by atoms with Gasteiger partial charge < -0.3 is 15.7 Å². The van der Waals surface area contributed by atoms with E-state index in [1.54, 1.807) is 24.3 Å². The lowest BCUT2D eigenvalue weighted by atomic mass is 9.86. The minimum atomic E-state index is -0.548. The van der Waals surface area contributed by atoms with Gasteiger partial charge in [-0.25, -0.2) is 0 Å². The molecule has 5 nitrogen and oxygen atoms in total. The molecule has 1 aromatic carbocycles. The number of carbonyl (C=O) groups is 2. The Balaban J connectivity index is 1.92. The smallest absolute Gasteiger partial charge is 0.251 e. The van der Waals surface area contributed by atoms with E-state index in [1.165, 1.54) is 0 Å². The van der Waals surface area contributed by atoms with Crippen molar-refractivity contribution in [3.05, 3.63) is 35.9 Å². The van der Waals surface area contributed by atoms with Crippen molar-refractivity contribution in [2.75, 3.05) is 6.61 Å². The molecule has 0 heterocycles. The standard InChI is InChI=1S/C19H28N2O3/c1-13(2)17(21-18(23)15-6-4-3-5-7-15)19(24)20-16-10-8-14(12-22)9-11-16/h3-7,13-14,16-17,22H,8-12H2,1-2H3,(H,20,24)(H,21,23). The monoisotopic (exact) mass is 332 g/mol. The number of aliphatic hydroxyl groups excluding tert-OH is 1. The summed E-state index contributed by atoms with van der Waals surface area (Å²) in [5.41, 5.74) is 0.555. The summed E-state index contributed by atoms with van der Waals surface area (Å²) in [6.07, 6.45) is 3.64. The molecule has 0 aliphatic heterocycles. The average molecular weight is 332 g/mol. The molecular weight excluding hydrogens is 304 g/mol. The largest absolute Gasteiger partial charge is 0.396 e. The summed E-state index contributed by atoms with van der Waals surface area (Å²) in [7, 11) is 0. The molecule has 5 heteroatoms. The molecule has 0 aromatic heterocycles. The normalized spacial score (nSPS) is 22.0. The molecule has 1 aliphatic carbocycles. The molecule has 3 N–H and O–H groups in total. The summed E-state index contributed by atoms with van der Waals surface area (Å²) in [4.78, 5) is 24.9. The van der Waals surface area contributed by atoms with Gasteiger partial charge in [-0.2, -0.15) is 0 Å². The van der Waals surface area contributed by atoms with Crippen LogP contribution in [0.1, 0.15) is 49.9 Å². The van der Waals surface area contributed by atoms with Gasteiger partial charge in [-0.3, -0.25) is 9.59 Å². The number of rotatable bonds is 6. The molecule has 1 saturated carbocycles. The molecule has 1 aromatic rings. The third kappa shape index (κ3) is 5.06. The molecular formula is C19H28N2O3. The second kappa shape index (κ2) is 8.83. The zero-order valence-corrected chi connectivity index (χ0v) is 14.5. The minimum Gasteiger partial charge on any atom is -0.396 e. The van der Waals surface area contributed by atoms with Crippen molar-refractivity contribution in [2.24, 2.45) is 11.8 Å². The molecule has 1 aliphatic rings. The zero-order valence-electron chi connectivity index (χ0n) is 14.5. The van der Waals surface area contributed by atoms with Crippen molar-refractivity contribution in [1.82, 2.24) is 10.6 Å². The Kier molecular flexibility index (Phi) is 6.79. The minimum absolute atomic E-state index is 0.00597. The van der Waals surface area contributed by atoms with E-state index in [0.717, 1.165) is 25.7 Å².